The molecule has 1 heterocycles. The molecule has 2 atom stereocenters. The molecule has 0 spiro atoms. The molecule has 0 bridgehead atoms. The van der Waals surface area contributed by atoms with Crippen LogP contribution in [0.25, 0.3) is 11.3 Å². The first kappa shape index (κ1) is 49.8. The van der Waals surface area contributed by atoms with Gasteiger partial charge in [-0.2, -0.15) is 5.06 Å². The quantitative estimate of drug-likeness (QED) is 0.0178. The third kappa shape index (κ3) is 13.9. The highest BCUT2D eigenvalue weighted by Gasteiger charge is 2.34. The van der Waals surface area contributed by atoms with Crippen LogP contribution in [0.3, 0.4) is 0 Å². The number of carbonyl (C=O) groups excluding carboxylic acids is 4. The number of furan rings is 1. The number of nitrogens with zero attached hydrogens (tertiary/aromatic N) is 1. The molecule has 1 aromatic heterocycles. The number of hydrogen-bond acceptors (Lipinski definition) is 11. The molecular weight excluding hydrogens is 850 g/mol. The third-order valence-electron chi connectivity index (χ3n) is 10.7. The molecule has 0 unspecified atom stereocenters. The topological polar surface area (TPSA) is 172 Å². The van der Waals surface area contributed by atoms with Crippen molar-refractivity contribution in [2.24, 2.45) is 5.92 Å². The van der Waals surface area contributed by atoms with Gasteiger partial charge in [0, 0.05) is 5.56 Å². The number of hydroxylamine groups is 2. The van der Waals surface area contributed by atoms with Crippen molar-refractivity contribution in [1.82, 2.24) is 15.7 Å². The van der Waals surface area contributed by atoms with Crippen LogP contribution < -0.4 is 25.4 Å². The van der Waals surface area contributed by atoms with Gasteiger partial charge in [0.15, 0.2) is 5.76 Å². The standard InChI is InChI=1S/C50H60N3O11P/c1-7-10-13-22-43(45(8-2)53(34-54)64-50(57)42-24-23-39(59-6)30-44(42)35(4)5)48(55)51-33-52-49(56)47-26-25-46(63-47)38-27-40(60-9-3)29-41(28-38)65(58,61-31-36-18-14-11-15-19-36)62-32-37-20-16-12-17-21-37/h11-12,14-21,23-30,34-35,43,45H,7-10,13,22,31-33H2,1-6H3,(H,51,55)(H,52,56)/t43-,45-/m1/s1. The third-order valence-corrected chi connectivity index (χ3v) is 12.5. The van der Waals surface area contributed by atoms with E-state index in [0.717, 1.165) is 29.0 Å². The molecule has 5 rings (SSSR count). The Morgan fingerprint density at radius 1 is 0.800 bits per heavy atom. The molecule has 3 amide bonds. The summed E-state index contributed by atoms with van der Waals surface area (Å²) in [5.74, 6) is -1.40. The van der Waals surface area contributed by atoms with Gasteiger partial charge >= 0.3 is 13.6 Å². The van der Waals surface area contributed by atoms with E-state index in [1.165, 1.54) is 13.2 Å². The molecule has 346 valence electrons. The molecule has 2 N–H and O–H groups in total. The summed E-state index contributed by atoms with van der Waals surface area (Å²) in [6, 6.07) is 30.9. The molecule has 0 saturated heterocycles. The lowest BCUT2D eigenvalue weighted by Crippen LogP contribution is -2.49. The fraction of sp³-hybridized carbons (Fsp3) is 0.360. The van der Waals surface area contributed by atoms with Gasteiger partial charge in [0.05, 0.1) is 56.4 Å². The van der Waals surface area contributed by atoms with Gasteiger partial charge in [0.1, 0.15) is 17.3 Å². The Morgan fingerprint density at radius 2 is 1.48 bits per heavy atom. The van der Waals surface area contributed by atoms with Crippen molar-refractivity contribution in [2.45, 2.75) is 91.9 Å². The predicted molar refractivity (Wildman–Crippen MR) is 248 cm³/mol. The maximum Gasteiger partial charge on any atom is 0.363 e. The van der Waals surface area contributed by atoms with Crippen molar-refractivity contribution < 1.29 is 51.5 Å². The van der Waals surface area contributed by atoms with Crippen LogP contribution in [0.2, 0.25) is 0 Å². The van der Waals surface area contributed by atoms with Crippen LogP contribution in [0.5, 0.6) is 11.5 Å². The average molecular weight is 910 g/mol. The van der Waals surface area contributed by atoms with Crippen LogP contribution in [-0.4, -0.2) is 55.7 Å². The Kier molecular flexibility index (Phi) is 19.0. The Hall–Kier alpha value is -6.21. The lowest BCUT2D eigenvalue weighted by molar-refractivity contribution is -0.171. The molecule has 0 fully saturated rings. The zero-order chi connectivity index (χ0) is 46.8. The SMILES string of the molecule is CCCCC[C@@H](C(=O)NCNC(=O)c1ccc(-c2cc(OCC)cc(P(=O)(OCc3ccccc3)OCc3ccccc3)c2)o1)[C@@H](CC)N(C=O)OC(=O)c1ccc(OC)cc1C(C)C. The first-order valence-electron chi connectivity index (χ1n) is 22.0. The number of unbranched alkanes of at least 4 members (excludes halogenated alkanes) is 2. The number of methoxy groups -OCH3 is 1. The number of benzene rings is 4. The van der Waals surface area contributed by atoms with Gasteiger partial charge in [-0.3, -0.25) is 18.9 Å². The molecule has 0 radical (unpaired) electrons. The zero-order valence-electron chi connectivity index (χ0n) is 38.0. The summed E-state index contributed by atoms with van der Waals surface area (Å²) in [7, 11) is -2.46. The summed E-state index contributed by atoms with van der Waals surface area (Å²) in [6.07, 6.45) is 3.55. The highest BCUT2D eigenvalue weighted by atomic mass is 31.2. The van der Waals surface area contributed by atoms with E-state index in [0.29, 0.717) is 54.9 Å². The van der Waals surface area contributed by atoms with Gasteiger partial charge in [0.2, 0.25) is 12.3 Å². The van der Waals surface area contributed by atoms with Gasteiger partial charge in [-0.15, -0.1) is 0 Å². The van der Waals surface area contributed by atoms with Gasteiger partial charge in [-0.25, -0.2) is 4.79 Å². The van der Waals surface area contributed by atoms with Crippen LogP contribution in [0.4, 0.5) is 0 Å². The van der Waals surface area contributed by atoms with Crippen molar-refractivity contribution in [3.05, 3.63) is 137 Å². The van der Waals surface area contributed by atoms with E-state index in [1.807, 2.05) is 88.4 Å². The molecule has 14 nitrogen and oxygen atoms in total. The summed E-state index contributed by atoms with van der Waals surface area (Å²) in [4.78, 5) is 58.9. The lowest BCUT2D eigenvalue weighted by atomic mass is 9.90. The molecule has 4 aromatic carbocycles. The molecule has 65 heavy (non-hydrogen) atoms. The van der Waals surface area contributed by atoms with Crippen LogP contribution in [0, 0.1) is 5.92 Å². The van der Waals surface area contributed by atoms with E-state index in [1.54, 1.807) is 49.4 Å². The van der Waals surface area contributed by atoms with Gasteiger partial charge in [-0.1, -0.05) is 108 Å². The Morgan fingerprint density at radius 3 is 2.06 bits per heavy atom. The molecular formula is C50H60N3O11P. The van der Waals surface area contributed by atoms with Crippen LogP contribution in [0.1, 0.15) is 110 Å². The van der Waals surface area contributed by atoms with Gasteiger partial charge in [0.25, 0.3) is 5.91 Å². The second-order valence-corrected chi connectivity index (χ2v) is 17.6. The summed E-state index contributed by atoms with van der Waals surface area (Å²) in [5.41, 5.74) is 3.04. The first-order valence-corrected chi connectivity index (χ1v) is 23.5. The number of hydrogen-bond donors (Lipinski definition) is 2. The Balaban J connectivity index is 1.30. The highest BCUT2D eigenvalue weighted by Crippen LogP contribution is 2.50. The minimum absolute atomic E-state index is 0.0217. The molecule has 15 heteroatoms. The molecule has 0 aliphatic carbocycles. The number of ether oxygens (including phenoxy) is 2. The van der Waals surface area contributed by atoms with Crippen molar-refractivity contribution >= 4 is 37.1 Å². The van der Waals surface area contributed by atoms with E-state index in [2.05, 4.69) is 10.6 Å². The van der Waals surface area contributed by atoms with Crippen LogP contribution in [0.15, 0.2) is 114 Å². The Labute approximate surface area is 381 Å². The second-order valence-electron chi connectivity index (χ2n) is 15.6. The minimum Gasteiger partial charge on any atom is -0.497 e. The maximum absolute atomic E-state index is 14.7. The first-order chi connectivity index (χ1) is 31.4. The molecule has 0 saturated carbocycles. The normalized spacial score (nSPS) is 12.2. The van der Waals surface area contributed by atoms with Crippen molar-refractivity contribution in [3.63, 3.8) is 0 Å². The smallest absolute Gasteiger partial charge is 0.363 e. The lowest BCUT2D eigenvalue weighted by Gasteiger charge is -2.32. The molecule has 0 aliphatic rings. The van der Waals surface area contributed by atoms with Gasteiger partial charge < -0.3 is 38.4 Å². The fourth-order valence-electron chi connectivity index (χ4n) is 7.23. The minimum atomic E-state index is -4.00. The number of amides is 3. The summed E-state index contributed by atoms with van der Waals surface area (Å²) in [6.45, 7) is 9.64. The summed E-state index contributed by atoms with van der Waals surface area (Å²) < 4.78 is 44.1. The fourth-order valence-corrected chi connectivity index (χ4v) is 8.82. The summed E-state index contributed by atoms with van der Waals surface area (Å²) >= 11 is 0. The second kappa shape index (κ2) is 24.7. The highest BCUT2D eigenvalue weighted by molar-refractivity contribution is 7.62. The van der Waals surface area contributed by atoms with E-state index in [-0.39, 0.29) is 48.2 Å². The van der Waals surface area contributed by atoms with E-state index < -0.39 is 37.3 Å². The molecule has 0 aliphatic heterocycles. The zero-order valence-corrected chi connectivity index (χ0v) is 38.8. The van der Waals surface area contributed by atoms with E-state index in [9.17, 15) is 23.7 Å². The largest absolute Gasteiger partial charge is 0.497 e. The van der Waals surface area contributed by atoms with Crippen LogP contribution in [-0.2, 0) is 41.3 Å². The van der Waals surface area contributed by atoms with E-state index in [4.69, 9.17) is 27.8 Å². The predicted octanol–water partition coefficient (Wildman–Crippen LogP) is 9.74. The molecule has 5 aromatic rings. The van der Waals surface area contributed by atoms with Gasteiger partial charge in [-0.05, 0) is 90.9 Å². The monoisotopic (exact) mass is 909 g/mol. The summed E-state index contributed by atoms with van der Waals surface area (Å²) in [5, 5.41) is 6.61. The maximum atomic E-state index is 14.7. The van der Waals surface area contributed by atoms with Crippen LogP contribution >= 0.6 is 7.60 Å². The average Bonchev–Trinajstić information content (AvgIpc) is 3.83. The number of nitrogens with one attached hydrogen (secondary N) is 2. The Bertz CT molecular complexity index is 2320. The van der Waals surface area contributed by atoms with Crippen molar-refractivity contribution in [1.29, 1.82) is 0 Å². The van der Waals surface area contributed by atoms with Crippen molar-refractivity contribution in [3.8, 4) is 22.8 Å². The number of rotatable bonds is 26. The van der Waals surface area contributed by atoms with Crippen molar-refractivity contribution in [2.75, 3.05) is 20.4 Å². The van der Waals surface area contributed by atoms with E-state index >= 15 is 0 Å². The number of carbonyl (C=O) groups is 4.